The Labute approximate surface area is 129 Å². The fourth-order valence-corrected chi connectivity index (χ4v) is 2.55. The molecule has 0 aliphatic rings. The van der Waals surface area contributed by atoms with E-state index in [0.717, 1.165) is 0 Å². The first-order chi connectivity index (χ1) is 9.77. The molecular formula is C13H11BrN2O4S. The van der Waals surface area contributed by atoms with Crippen molar-refractivity contribution in [2.24, 2.45) is 5.14 Å². The third-order valence-corrected chi connectivity index (χ3v) is 4.03. The number of hydrogen-bond acceptors (Lipinski definition) is 4. The lowest BCUT2D eigenvalue weighted by Crippen LogP contribution is -2.15. The fourth-order valence-electron chi connectivity index (χ4n) is 1.65. The number of aromatic hydroxyl groups is 1. The van der Waals surface area contributed by atoms with E-state index in [-0.39, 0.29) is 21.9 Å². The van der Waals surface area contributed by atoms with Gasteiger partial charge in [-0.25, -0.2) is 13.6 Å². The van der Waals surface area contributed by atoms with Crippen molar-refractivity contribution in [3.63, 3.8) is 0 Å². The maximum atomic E-state index is 12.0. The van der Waals surface area contributed by atoms with Crippen molar-refractivity contribution in [3.8, 4) is 5.75 Å². The lowest BCUT2D eigenvalue weighted by atomic mass is 10.2. The van der Waals surface area contributed by atoms with Crippen LogP contribution >= 0.6 is 15.9 Å². The summed E-state index contributed by atoms with van der Waals surface area (Å²) >= 11 is 3.17. The largest absolute Gasteiger partial charge is 0.507 e. The molecule has 0 bridgehead atoms. The van der Waals surface area contributed by atoms with Crippen LogP contribution < -0.4 is 10.5 Å². The molecule has 0 fully saturated rings. The first kappa shape index (κ1) is 15.5. The maximum absolute atomic E-state index is 12.0. The summed E-state index contributed by atoms with van der Waals surface area (Å²) in [6.45, 7) is 0. The Hall–Kier alpha value is -1.90. The zero-order valence-corrected chi connectivity index (χ0v) is 13.0. The number of rotatable bonds is 3. The molecule has 0 aliphatic carbocycles. The second kappa shape index (κ2) is 5.84. The number of sulfonamides is 1. The summed E-state index contributed by atoms with van der Waals surface area (Å²) in [6, 6.07) is 9.97. The van der Waals surface area contributed by atoms with Crippen LogP contribution in [0.2, 0.25) is 0 Å². The van der Waals surface area contributed by atoms with Crippen LogP contribution in [0.4, 0.5) is 5.69 Å². The van der Waals surface area contributed by atoms with Gasteiger partial charge in [-0.05, 0) is 36.4 Å². The number of anilines is 1. The molecule has 110 valence electrons. The highest BCUT2D eigenvalue weighted by molar-refractivity contribution is 9.10. The van der Waals surface area contributed by atoms with Gasteiger partial charge in [-0.2, -0.15) is 0 Å². The van der Waals surface area contributed by atoms with Crippen molar-refractivity contribution in [1.82, 2.24) is 0 Å². The molecule has 0 atom stereocenters. The molecule has 2 aromatic rings. The van der Waals surface area contributed by atoms with Crippen LogP contribution in [0, 0.1) is 0 Å². The third-order valence-electron chi connectivity index (χ3n) is 2.62. The van der Waals surface area contributed by atoms with Crippen molar-refractivity contribution in [1.29, 1.82) is 0 Å². The number of carbonyl (C=O) groups excluding carboxylic acids is 1. The predicted molar refractivity (Wildman–Crippen MR) is 81.6 cm³/mol. The molecule has 0 aliphatic heterocycles. The molecule has 0 radical (unpaired) electrons. The third kappa shape index (κ3) is 3.81. The molecule has 0 heterocycles. The molecular weight excluding hydrogens is 360 g/mol. The van der Waals surface area contributed by atoms with Gasteiger partial charge in [-0.1, -0.05) is 22.0 Å². The summed E-state index contributed by atoms with van der Waals surface area (Å²) < 4.78 is 23.1. The standard InChI is InChI=1S/C13H11BrN2O4S/c14-8-4-5-11(12(17)6-8)13(18)16-9-2-1-3-10(7-9)21(15,19)20/h1-7,17H,(H,16,18)(H2,15,19,20). The Bertz CT molecular complexity index is 806. The van der Waals surface area contributed by atoms with Crippen molar-refractivity contribution in [2.75, 3.05) is 5.32 Å². The van der Waals surface area contributed by atoms with Crippen LogP contribution in [0.1, 0.15) is 10.4 Å². The number of hydrogen-bond donors (Lipinski definition) is 3. The van der Waals surface area contributed by atoms with Gasteiger partial charge in [-0.3, -0.25) is 4.79 Å². The lowest BCUT2D eigenvalue weighted by Gasteiger charge is -2.08. The van der Waals surface area contributed by atoms with E-state index in [1.807, 2.05) is 0 Å². The van der Waals surface area contributed by atoms with E-state index in [1.165, 1.54) is 36.4 Å². The van der Waals surface area contributed by atoms with Gasteiger partial charge in [0, 0.05) is 10.2 Å². The highest BCUT2D eigenvalue weighted by atomic mass is 79.9. The number of phenols is 1. The van der Waals surface area contributed by atoms with Gasteiger partial charge in [0.05, 0.1) is 10.5 Å². The summed E-state index contributed by atoms with van der Waals surface area (Å²) in [5.41, 5.74) is 0.327. The molecule has 0 aromatic heterocycles. The molecule has 21 heavy (non-hydrogen) atoms. The van der Waals surface area contributed by atoms with Crippen LogP contribution in [0.3, 0.4) is 0 Å². The summed E-state index contributed by atoms with van der Waals surface area (Å²) in [4.78, 5) is 11.9. The van der Waals surface area contributed by atoms with E-state index < -0.39 is 15.9 Å². The van der Waals surface area contributed by atoms with Crippen LogP contribution in [0.15, 0.2) is 51.8 Å². The topological polar surface area (TPSA) is 109 Å². The average Bonchev–Trinajstić information content (AvgIpc) is 2.37. The van der Waals surface area contributed by atoms with Crippen LogP contribution in [0.25, 0.3) is 0 Å². The highest BCUT2D eigenvalue weighted by Gasteiger charge is 2.13. The van der Waals surface area contributed by atoms with Crippen LogP contribution in [-0.4, -0.2) is 19.4 Å². The number of phenolic OH excluding ortho intramolecular Hbond substituents is 1. The number of nitrogens with one attached hydrogen (secondary N) is 1. The number of nitrogens with two attached hydrogens (primary N) is 1. The summed E-state index contributed by atoms with van der Waals surface area (Å²) in [5, 5.41) is 17.2. The van der Waals surface area contributed by atoms with E-state index in [4.69, 9.17) is 5.14 Å². The molecule has 0 unspecified atom stereocenters. The van der Waals surface area contributed by atoms with E-state index in [9.17, 15) is 18.3 Å². The zero-order chi connectivity index (χ0) is 15.6. The molecule has 1 amide bonds. The number of benzene rings is 2. The van der Waals surface area contributed by atoms with Crippen molar-refractivity contribution in [3.05, 3.63) is 52.5 Å². The van der Waals surface area contributed by atoms with Gasteiger partial charge in [0.15, 0.2) is 0 Å². The average molecular weight is 371 g/mol. The molecule has 6 nitrogen and oxygen atoms in total. The van der Waals surface area contributed by atoms with Crippen LogP contribution in [-0.2, 0) is 10.0 Å². The molecule has 2 aromatic carbocycles. The second-order valence-electron chi connectivity index (χ2n) is 4.19. The second-order valence-corrected chi connectivity index (χ2v) is 6.67. The minimum Gasteiger partial charge on any atom is -0.507 e. The first-order valence-electron chi connectivity index (χ1n) is 5.70. The zero-order valence-electron chi connectivity index (χ0n) is 10.6. The van der Waals surface area contributed by atoms with Crippen LogP contribution in [0.5, 0.6) is 5.75 Å². The van der Waals surface area contributed by atoms with Gasteiger partial charge >= 0.3 is 0 Å². The Balaban J connectivity index is 2.28. The Morgan fingerprint density at radius 2 is 1.90 bits per heavy atom. The Morgan fingerprint density at radius 1 is 1.19 bits per heavy atom. The Morgan fingerprint density at radius 3 is 2.52 bits per heavy atom. The number of halogens is 1. The predicted octanol–water partition coefficient (Wildman–Crippen LogP) is 2.05. The van der Waals surface area contributed by atoms with E-state index in [0.29, 0.717) is 4.47 Å². The SMILES string of the molecule is NS(=O)(=O)c1cccc(NC(=O)c2ccc(Br)cc2O)c1. The summed E-state index contributed by atoms with van der Waals surface area (Å²) in [5.74, 6) is -0.754. The number of carbonyl (C=O) groups is 1. The number of amides is 1. The van der Waals surface area contributed by atoms with Crippen molar-refractivity contribution in [2.45, 2.75) is 4.90 Å². The number of primary sulfonamides is 1. The molecule has 2 rings (SSSR count). The minimum absolute atomic E-state index is 0.0687. The van der Waals surface area contributed by atoms with Crippen molar-refractivity contribution >= 4 is 37.5 Å². The molecule has 0 spiro atoms. The normalized spacial score (nSPS) is 11.1. The quantitative estimate of drug-likeness (QED) is 0.767. The van der Waals surface area contributed by atoms with E-state index >= 15 is 0 Å². The van der Waals surface area contributed by atoms with Gasteiger partial charge in [0.25, 0.3) is 5.91 Å². The van der Waals surface area contributed by atoms with Gasteiger partial charge < -0.3 is 10.4 Å². The molecule has 8 heteroatoms. The monoisotopic (exact) mass is 370 g/mol. The minimum atomic E-state index is -3.85. The Kier molecular flexibility index (Phi) is 4.31. The van der Waals surface area contributed by atoms with Gasteiger partial charge in [-0.15, -0.1) is 0 Å². The molecule has 4 N–H and O–H groups in total. The molecule has 0 saturated heterocycles. The highest BCUT2D eigenvalue weighted by Crippen LogP contribution is 2.23. The van der Waals surface area contributed by atoms with Gasteiger partial charge in [0.1, 0.15) is 5.75 Å². The van der Waals surface area contributed by atoms with Crippen molar-refractivity contribution < 1.29 is 18.3 Å². The summed E-state index contributed by atoms with van der Waals surface area (Å²) in [6.07, 6.45) is 0. The smallest absolute Gasteiger partial charge is 0.259 e. The van der Waals surface area contributed by atoms with Gasteiger partial charge in [0.2, 0.25) is 10.0 Å². The lowest BCUT2D eigenvalue weighted by molar-refractivity contribution is 0.102. The van der Waals surface area contributed by atoms with E-state index in [1.54, 1.807) is 6.07 Å². The molecule has 0 saturated carbocycles. The maximum Gasteiger partial charge on any atom is 0.259 e. The summed E-state index contributed by atoms with van der Waals surface area (Å²) in [7, 11) is -3.85. The van der Waals surface area contributed by atoms with E-state index in [2.05, 4.69) is 21.2 Å². The first-order valence-corrected chi connectivity index (χ1v) is 8.04. The fraction of sp³-hybridized carbons (Fsp3) is 0.